The fourth-order valence-electron chi connectivity index (χ4n) is 0.470. The van der Waals surface area contributed by atoms with Crippen molar-refractivity contribution in [1.29, 1.82) is 0 Å². The van der Waals surface area contributed by atoms with Crippen LogP contribution in [0.1, 0.15) is 0 Å². The standard InChI is InChI=1S/C6H13NO.C4H9NO/c1-4-8-6-5-7(2)3;1-2-6-4-3-5/h4H,1,5-6H2,2-3H3;2H,1,3-5H2. The molecule has 2 N–H and O–H groups in total. The molecule has 0 heterocycles. The smallest absolute Gasteiger partial charge is 0.0999 e. The molecule has 84 valence electrons. The number of nitrogens with two attached hydrogens (primary N) is 1. The van der Waals surface area contributed by atoms with Gasteiger partial charge in [0, 0.05) is 13.1 Å². The summed E-state index contributed by atoms with van der Waals surface area (Å²) in [4.78, 5) is 2.06. The highest BCUT2D eigenvalue weighted by Gasteiger charge is 1.84. The maximum atomic E-state index is 5.04. The van der Waals surface area contributed by atoms with Gasteiger partial charge < -0.3 is 20.1 Å². The lowest BCUT2D eigenvalue weighted by atomic mass is 10.6. The number of hydrogen-bond donors (Lipinski definition) is 1. The molecule has 4 nitrogen and oxygen atoms in total. The number of rotatable bonds is 7. The van der Waals surface area contributed by atoms with Gasteiger partial charge in [0.15, 0.2) is 0 Å². The fraction of sp³-hybridized carbons (Fsp3) is 0.600. The molecular formula is C10H22N2O2. The number of nitrogens with zero attached hydrogens (tertiary/aromatic N) is 1. The third-order valence-corrected chi connectivity index (χ3v) is 1.13. The molecule has 0 aliphatic rings. The maximum Gasteiger partial charge on any atom is 0.0999 e. The topological polar surface area (TPSA) is 47.7 Å². The first kappa shape index (κ1) is 15.5. The summed E-state index contributed by atoms with van der Waals surface area (Å²) in [6.45, 7) is 9.55. The zero-order chi connectivity index (χ0) is 11.2. The Balaban J connectivity index is 0. The predicted molar refractivity (Wildman–Crippen MR) is 59.9 cm³/mol. The summed E-state index contributed by atoms with van der Waals surface area (Å²) in [7, 11) is 4.01. The summed E-state index contributed by atoms with van der Waals surface area (Å²) in [6, 6.07) is 0. The van der Waals surface area contributed by atoms with Crippen molar-refractivity contribution < 1.29 is 9.47 Å². The van der Waals surface area contributed by atoms with E-state index in [2.05, 4.69) is 22.8 Å². The lowest BCUT2D eigenvalue weighted by Gasteiger charge is -2.07. The van der Waals surface area contributed by atoms with Crippen molar-refractivity contribution in [3.63, 3.8) is 0 Å². The molecule has 0 rings (SSSR count). The van der Waals surface area contributed by atoms with E-state index in [0.29, 0.717) is 13.2 Å². The molecule has 0 unspecified atom stereocenters. The zero-order valence-electron chi connectivity index (χ0n) is 9.24. The number of likely N-dealkylation sites (N-methyl/N-ethyl adjacent to an activating group) is 1. The first-order valence-corrected chi connectivity index (χ1v) is 4.48. The Bertz CT molecular complexity index is 127. The molecule has 0 spiro atoms. The van der Waals surface area contributed by atoms with Crippen LogP contribution in [0.5, 0.6) is 0 Å². The van der Waals surface area contributed by atoms with Gasteiger partial charge in [-0.05, 0) is 14.1 Å². The van der Waals surface area contributed by atoms with Gasteiger partial charge in [0.05, 0.1) is 25.7 Å². The molecule has 14 heavy (non-hydrogen) atoms. The van der Waals surface area contributed by atoms with Gasteiger partial charge in [-0.15, -0.1) is 0 Å². The molecular weight excluding hydrogens is 180 g/mol. The second-order valence-corrected chi connectivity index (χ2v) is 2.67. The lowest BCUT2D eigenvalue weighted by molar-refractivity contribution is 0.213. The summed E-state index contributed by atoms with van der Waals surface area (Å²) in [5.74, 6) is 0. The first-order valence-electron chi connectivity index (χ1n) is 4.48. The van der Waals surface area contributed by atoms with Crippen molar-refractivity contribution in [2.45, 2.75) is 0 Å². The lowest BCUT2D eigenvalue weighted by Crippen LogP contribution is -2.16. The molecule has 0 aliphatic heterocycles. The average molecular weight is 202 g/mol. The van der Waals surface area contributed by atoms with E-state index in [1.807, 2.05) is 14.1 Å². The largest absolute Gasteiger partial charge is 0.500 e. The predicted octanol–water partition coefficient (Wildman–Crippen LogP) is 0.813. The summed E-state index contributed by atoms with van der Waals surface area (Å²) >= 11 is 0. The Hall–Kier alpha value is -1.00. The molecule has 0 saturated heterocycles. The second-order valence-electron chi connectivity index (χ2n) is 2.67. The SMILES string of the molecule is C=COCCN.C=COCCN(C)C. The molecule has 0 saturated carbocycles. The Morgan fingerprint density at radius 3 is 1.93 bits per heavy atom. The molecule has 0 atom stereocenters. The van der Waals surface area contributed by atoms with Crippen LogP contribution >= 0.6 is 0 Å². The monoisotopic (exact) mass is 202 g/mol. The molecule has 0 aromatic heterocycles. The van der Waals surface area contributed by atoms with E-state index in [1.54, 1.807) is 0 Å². The van der Waals surface area contributed by atoms with Crippen molar-refractivity contribution in [1.82, 2.24) is 4.90 Å². The van der Waals surface area contributed by atoms with Crippen LogP contribution in [0.15, 0.2) is 25.7 Å². The Morgan fingerprint density at radius 1 is 1.14 bits per heavy atom. The maximum absolute atomic E-state index is 5.04. The van der Waals surface area contributed by atoms with E-state index in [1.165, 1.54) is 12.5 Å². The highest BCUT2D eigenvalue weighted by Crippen LogP contribution is 1.76. The Labute approximate surface area is 87.0 Å². The highest BCUT2D eigenvalue weighted by molar-refractivity contribution is 4.49. The highest BCUT2D eigenvalue weighted by atomic mass is 16.5. The summed E-state index contributed by atoms with van der Waals surface area (Å²) in [5, 5.41) is 0. The molecule has 0 radical (unpaired) electrons. The molecule has 0 aromatic carbocycles. The van der Waals surface area contributed by atoms with Gasteiger partial charge in [-0.3, -0.25) is 0 Å². The molecule has 0 amide bonds. The molecule has 0 aliphatic carbocycles. The second kappa shape index (κ2) is 14.5. The molecule has 0 bridgehead atoms. The quantitative estimate of drug-likeness (QED) is 0.490. The van der Waals surface area contributed by atoms with Crippen LogP contribution in [0.2, 0.25) is 0 Å². The van der Waals surface area contributed by atoms with Crippen molar-refractivity contribution in [3.05, 3.63) is 25.7 Å². The van der Waals surface area contributed by atoms with E-state index in [-0.39, 0.29) is 0 Å². The average Bonchev–Trinajstić information content (AvgIpc) is 2.16. The Morgan fingerprint density at radius 2 is 1.64 bits per heavy atom. The summed E-state index contributed by atoms with van der Waals surface area (Å²) < 4.78 is 9.49. The van der Waals surface area contributed by atoms with Crippen LogP contribution in [0.4, 0.5) is 0 Å². The van der Waals surface area contributed by atoms with Crippen molar-refractivity contribution in [2.24, 2.45) is 5.73 Å². The van der Waals surface area contributed by atoms with Crippen LogP contribution in [0.25, 0.3) is 0 Å². The van der Waals surface area contributed by atoms with Crippen molar-refractivity contribution in [3.8, 4) is 0 Å². The van der Waals surface area contributed by atoms with E-state index in [4.69, 9.17) is 10.5 Å². The van der Waals surface area contributed by atoms with E-state index in [0.717, 1.165) is 13.2 Å². The van der Waals surface area contributed by atoms with Crippen LogP contribution in [-0.4, -0.2) is 45.3 Å². The number of hydrogen-bond acceptors (Lipinski definition) is 4. The molecule has 0 aromatic rings. The minimum absolute atomic E-state index is 0.562. The van der Waals surface area contributed by atoms with E-state index >= 15 is 0 Å². The first-order chi connectivity index (χ1) is 6.68. The van der Waals surface area contributed by atoms with Crippen molar-refractivity contribution in [2.75, 3.05) is 40.4 Å². The third kappa shape index (κ3) is 22.4. The summed E-state index contributed by atoms with van der Waals surface area (Å²) in [6.07, 6.45) is 2.84. The van der Waals surface area contributed by atoms with Gasteiger partial charge in [-0.2, -0.15) is 0 Å². The normalized spacial score (nSPS) is 8.57. The van der Waals surface area contributed by atoms with Crippen LogP contribution in [0.3, 0.4) is 0 Å². The third-order valence-electron chi connectivity index (χ3n) is 1.13. The number of ether oxygens (including phenoxy) is 2. The van der Waals surface area contributed by atoms with E-state index < -0.39 is 0 Å². The molecule has 0 fully saturated rings. The van der Waals surface area contributed by atoms with Gasteiger partial charge in [0.25, 0.3) is 0 Å². The van der Waals surface area contributed by atoms with Crippen LogP contribution in [0, 0.1) is 0 Å². The van der Waals surface area contributed by atoms with Gasteiger partial charge in [-0.1, -0.05) is 13.2 Å². The summed E-state index contributed by atoms with van der Waals surface area (Å²) in [5.41, 5.74) is 5.04. The van der Waals surface area contributed by atoms with Crippen LogP contribution in [-0.2, 0) is 9.47 Å². The minimum Gasteiger partial charge on any atom is -0.500 e. The van der Waals surface area contributed by atoms with Crippen molar-refractivity contribution >= 4 is 0 Å². The van der Waals surface area contributed by atoms with Crippen LogP contribution < -0.4 is 5.73 Å². The van der Waals surface area contributed by atoms with Gasteiger partial charge in [0.1, 0.15) is 0 Å². The Kier molecular flexibility index (Phi) is 16.0. The van der Waals surface area contributed by atoms with Gasteiger partial charge in [-0.25, -0.2) is 0 Å². The fourth-order valence-corrected chi connectivity index (χ4v) is 0.470. The van der Waals surface area contributed by atoms with Gasteiger partial charge >= 0.3 is 0 Å². The minimum atomic E-state index is 0.562. The zero-order valence-corrected chi connectivity index (χ0v) is 9.24. The molecule has 4 heteroatoms. The van der Waals surface area contributed by atoms with E-state index in [9.17, 15) is 0 Å². The van der Waals surface area contributed by atoms with Gasteiger partial charge in [0.2, 0.25) is 0 Å².